The molecule has 0 amide bonds. The van der Waals surface area contributed by atoms with Gasteiger partial charge in [0.2, 0.25) is 0 Å². The van der Waals surface area contributed by atoms with Crippen LogP contribution in [0.1, 0.15) is 255 Å². The van der Waals surface area contributed by atoms with E-state index in [1.165, 1.54) is 162 Å². The first kappa shape index (κ1) is 45.0. The first-order valence-electron chi connectivity index (χ1n) is 22.1. The van der Waals surface area contributed by atoms with Gasteiger partial charge in [-0.1, -0.05) is 209 Å². The molecule has 0 spiro atoms. The van der Waals surface area contributed by atoms with Gasteiger partial charge in [-0.05, 0) is 82.7 Å². The monoisotopic (exact) mass is 699 g/mol. The first-order valence-corrected chi connectivity index (χ1v) is 22.1. The van der Waals surface area contributed by atoms with Gasteiger partial charge in [0, 0.05) is 0 Å². The Balaban J connectivity index is 2.17. The van der Waals surface area contributed by atoms with Crippen molar-refractivity contribution in [3.63, 3.8) is 0 Å². The molecule has 51 heavy (non-hydrogen) atoms. The second kappa shape index (κ2) is 26.6. The molecule has 0 fully saturated rings. The summed E-state index contributed by atoms with van der Waals surface area (Å²) < 4.78 is 0. The van der Waals surface area contributed by atoms with Gasteiger partial charge in [-0.25, -0.2) is 0 Å². The van der Waals surface area contributed by atoms with E-state index in [-0.39, 0.29) is 0 Å². The van der Waals surface area contributed by atoms with E-state index < -0.39 is 0 Å². The van der Waals surface area contributed by atoms with E-state index in [9.17, 15) is 0 Å². The van der Waals surface area contributed by atoms with Crippen LogP contribution in [-0.4, -0.2) is 6.01 Å². The van der Waals surface area contributed by atoms with E-state index in [2.05, 4.69) is 99.5 Å². The molecule has 0 N–H and O–H groups in total. The number of benzene rings is 2. The minimum absolute atomic E-state index is 0.401. The lowest BCUT2D eigenvalue weighted by Crippen LogP contribution is -2.00. The van der Waals surface area contributed by atoms with Crippen LogP contribution in [-0.2, 0) is 12.8 Å². The molecule has 0 saturated carbocycles. The fourth-order valence-corrected chi connectivity index (χ4v) is 7.55. The number of unbranched alkanes of at least 4 members (excludes halogenated alkanes) is 18. The van der Waals surface area contributed by atoms with Gasteiger partial charge in [-0.15, -0.1) is 0 Å². The number of aryl methyl sites for hydroxylation is 2. The normalized spacial score (nSPS) is 11.7. The van der Waals surface area contributed by atoms with Crippen LogP contribution in [0, 0.1) is 0 Å². The molecule has 288 valence electrons. The van der Waals surface area contributed by atoms with Crippen molar-refractivity contribution in [2.45, 2.75) is 234 Å². The standard InChI is InChI=1S/C49H82N2/c1-11-13-15-17-19-21-23-25-27-29-31-42-33-44(38(3)4)48(45(34-42)39(5)6)50-37-51-49-46(40(7)8)35-43(36-47(49)41(9)10)32-30-28-26-24-22-20-18-16-14-12-2/h33-36,38-41H,11-32H2,1-10H3. The Bertz CT molecular complexity index is 1120. The van der Waals surface area contributed by atoms with Crippen molar-refractivity contribution in [1.82, 2.24) is 0 Å². The zero-order valence-corrected chi connectivity index (χ0v) is 35.6. The fourth-order valence-electron chi connectivity index (χ4n) is 7.55. The molecule has 2 nitrogen and oxygen atoms in total. The van der Waals surface area contributed by atoms with Gasteiger partial charge in [0.25, 0.3) is 0 Å². The molecule has 0 saturated heterocycles. The Labute approximate surface area is 318 Å². The lowest BCUT2D eigenvalue weighted by atomic mass is 9.89. The zero-order valence-electron chi connectivity index (χ0n) is 35.6. The lowest BCUT2D eigenvalue weighted by Gasteiger charge is -2.19. The summed E-state index contributed by atoms with van der Waals surface area (Å²) in [6.07, 6.45) is 29.9. The minimum atomic E-state index is 0.401. The van der Waals surface area contributed by atoms with Crippen LogP contribution in [0.2, 0.25) is 0 Å². The highest BCUT2D eigenvalue weighted by atomic mass is 14.8. The van der Waals surface area contributed by atoms with Gasteiger partial charge in [-0.3, -0.25) is 0 Å². The highest BCUT2D eigenvalue weighted by molar-refractivity contribution is 5.68. The lowest BCUT2D eigenvalue weighted by molar-refractivity contribution is 0.556. The van der Waals surface area contributed by atoms with Crippen molar-refractivity contribution < 1.29 is 0 Å². The SMILES string of the molecule is CCCCCCCCCCCCc1cc(C(C)C)c(N=C=Nc2c(C(C)C)cc(CCCCCCCCCCCC)cc2C(C)C)c(C(C)C)c1. The molecule has 0 aliphatic carbocycles. The molecule has 0 heterocycles. The van der Waals surface area contributed by atoms with Gasteiger partial charge >= 0.3 is 0 Å². The summed E-state index contributed by atoms with van der Waals surface area (Å²) in [7, 11) is 0. The maximum atomic E-state index is 5.05. The van der Waals surface area contributed by atoms with Crippen molar-refractivity contribution in [2.24, 2.45) is 9.98 Å². The molecule has 0 atom stereocenters. The molecule has 0 bridgehead atoms. The summed E-state index contributed by atoms with van der Waals surface area (Å²) in [5.74, 6) is 1.60. The van der Waals surface area contributed by atoms with Gasteiger partial charge in [0.1, 0.15) is 6.01 Å². The first-order chi connectivity index (χ1) is 24.6. The van der Waals surface area contributed by atoms with Crippen LogP contribution in [0.3, 0.4) is 0 Å². The van der Waals surface area contributed by atoms with Crippen LogP contribution >= 0.6 is 0 Å². The number of aliphatic imine (C=N–C) groups is 2. The Hall–Kier alpha value is -2.18. The minimum Gasteiger partial charge on any atom is -0.187 e. The van der Waals surface area contributed by atoms with Crippen molar-refractivity contribution in [3.05, 3.63) is 57.6 Å². The third-order valence-electron chi connectivity index (χ3n) is 10.9. The predicted octanol–water partition coefficient (Wildman–Crippen LogP) is 17.2. The molecule has 0 unspecified atom stereocenters. The Kier molecular flexibility index (Phi) is 23.4. The van der Waals surface area contributed by atoms with E-state index in [0.29, 0.717) is 23.7 Å². The smallest absolute Gasteiger partial charge is 0.101 e. The van der Waals surface area contributed by atoms with Crippen LogP contribution in [0.25, 0.3) is 0 Å². The molecule has 0 aromatic heterocycles. The highest BCUT2D eigenvalue weighted by Gasteiger charge is 2.18. The van der Waals surface area contributed by atoms with Gasteiger partial charge < -0.3 is 0 Å². The van der Waals surface area contributed by atoms with Gasteiger partial charge in [-0.2, -0.15) is 9.98 Å². The second-order valence-electron chi connectivity index (χ2n) is 17.1. The Morgan fingerprint density at radius 3 is 0.843 bits per heavy atom. The Morgan fingerprint density at radius 2 is 0.608 bits per heavy atom. The van der Waals surface area contributed by atoms with Crippen LogP contribution in [0.5, 0.6) is 0 Å². The van der Waals surface area contributed by atoms with E-state index in [0.717, 1.165) is 24.2 Å². The van der Waals surface area contributed by atoms with Crippen molar-refractivity contribution in [3.8, 4) is 0 Å². The van der Waals surface area contributed by atoms with E-state index in [1.807, 2.05) is 0 Å². The van der Waals surface area contributed by atoms with Crippen molar-refractivity contribution in [2.75, 3.05) is 0 Å². The molecule has 0 radical (unpaired) electrons. The average Bonchev–Trinajstić information content (AvgIpc) is 3.09. The Morgan fingerprint density at radius 1 is 0.373 bits per heavy atom. The number of hydrogen-bond donors (Lipinski definition) is 0. The summed E-state index contributed by atoms with van der Waals surface area (Å²) in [6, 6.07) is 13.0. The summed E-state index contributed by atoms with van der Waals surface area (Å²) in [4.78, 5) is 10.1. The van der Waals surface area contributed by atoms with Gasteiger partial charge in [0.15, 0.2) is 0 Å². The summed E-state index contributed by atoms with van der Waals surface area (Å²) in [5.41, 5.74) is 10.5. The summed E-state index contributed by atoms with van der Waals surface area (Å²) in [5, 5.41) is 0. The van der Waals surface area contributed by atoms with Crippen LogP contribution < -0.4 is 0 Å². The quantitative estimate of drug-likeness (QED) is 0.0624. The number of hydrogen-bond acceptors (Lipinski definition) is 2. The molecular weight excluding hydrogens is 617 g/mol. The van der Waals surface area contributed by atoms with Crippen LogP contribution in [0.4, 0.5) is 11.4 Å². The molecule has 2 rings (SSSR count). The third kappa shape index (κ3) is 17.5. The average molecular weight is 699 g/mol. The summed E-state index contributed by atoms with van der Waals surface area (Å²) >= 11 is 0. The van der Waals surface area contributed by atoms with Crippen molar-refractivity contribution in [1.29, 1.82) is 0 Å². The maximum absolute atomic E-state index is 5.05. The van der Waals surface area contributed by atoms with Crippen LogP contribution in [0.15, 0.2) is 34.3 Å². The van der Waals surface area contributed by atoms with Gasteiger partial charge in [0.05, 0.1) is 11.4 Å². The van der Waals surface area contributed by atoms with Crippen molar-refractivity contribution >= 4 is 17.4 Å². The topological polar surface area (TPSA) is 24.7 Å². The molecule has 0 aliphatic heterocycles. The molecule has 0 aliphatic rings. The third-order valence-corrected chi connectivity index (χ3v) is 10.9. The molecule has 2 heteroatoms. The second-order valence-corrected chi connectivity index (χ2v) is 17.1. The highest BCUT2D eigenvalue weighted by Crippen LogP contribution is 2.38. The largest absolute Gasteiger partial charge is 0.187 e. The molecule has 2 aromatic rings. The molecular formula is C49H82N2. The number of rotatable bonds is 28. The van der Waals surface area contributed by atoms with E-state index in [4.69, 9.17) is 9.98 Å². The number of nitrogens with zero attached hydrogens (tertiary/aromatic N) is 2. The zero-order chi connectivity index (χ0) is 37.4. The predicted molar refractivity (Wildman–Crippen MR) is 230 cm³/mol. The van der Waals surface area contributed by atoms with E-state index in [1.54, 1.807) is 0 Å². The summed E-state index contributed by atoms with van der Waals surface area (Å²) in [6.45, 7) is 23.0. The molecule has 2 aromatic carbocycles. The fraction of sp³-hybridized carbons (Fsp3) is 0.735. The van der Waals surface area contributed by atoms with E-state index >= 15 is 0 Å². The maximum Gasteiger partial charge on any atom is 0.101 e.